The van der Waals surface area contributed by atoms with E-state index in [1.165, 1.54) is 6.07 Å². The van der Waals surface area contributed by atoms with Crippen LogP contribution in [0.4, 0.5) is 0 Å². The molecule has 0 fully saturated rings. The van der Waals surface area contributed by atoms with Crippen LogP contribution in [0.2, 0.25) is 10.0 Å². The van der Waals surface area contributed by atoms with Gasteiger partial charge < -0.3 is 0 Å². The van der Waals surface area contributed by atoms with Crippen LogP contribution in [0, 0.1) is 0 Å². The Kier molecular flexibility index (Phi) is 5.63. The van der Waals surface area contributed by atoms with Crippen LogP contribution < -0.4 is 0 Å². The molecule has 3 nitrogen and oxygen atoms in total. The highest BCUT2D eigenvalue weighted by atomic mass is 35.5. The average molecular weight is 309 g/mol. The van der Waals surface area contributed by atoms with Gasteiger partial charge in [0.05, 0.1) is 15.8 Å². The number of benzene rings is 1. The molecule has 1 aromatic rings. The van der Waals surface area contributed by atoms with Crippen LogP contribution in [0.5, 0.6) is 0 Å². The lowest BCUT2D eigenvalue weighted by Gasteiger charge is -2.03. The Balaban J connectivity index is 2.58. The Morgan fingerprint density at radius 2 is 1.89 bits per heavy atom. The number of carbonyl (C=O) groups is 1. The summed E-state index contributed by atoms with van der Waals surface area (Å²) in [6, 6.07) is 4.64. The summed E-state index contributed by atoms with van der Waals surface area (Å²) in [4.78, 5) is 11.8. The van der Waals surface area contributed by atoms with E-state index in [2.05, 4.69) is 0 Å². The summed E-state index contributed by atoms with van der Waals surface area (Å²) in [6.07, 6.45) is 0.520. The van der Waals surface area contributed by atoms with Crippen LogP contribution in [0.3, 0.4) is 0 Å². The Bertz CT molecular complexity index is 538. The predicted octanol–water partition coefficient (Wildman–Crippen LogP) is 3.39. The molecule has 1 aromatic carbocycles. The maximum Gasteiger partial charge on any atom is 0.162 e. The van der Waals surface area contributed by atoms with Gasteiger partial charge in [0.2, 0.25) is 0 Å². The molecule has 0 amide bonds. The molecule has 0 aliphatic rings. The third-order valence-electron chi connectivity index (χ3n) is 2.54. The van der Waals surface area contributed by atoms with E-state index in [4.69, 9.17) is 23.2 Å². The van der Waals surface area contributed by atoms with E-state index in [0.717, 1.165) is 0 Å². The molecule has 0 saturated heterocycles. The quantitative estimate of drug-likeness (QED) is 0.757. The molecule has 0 aliphatic heterocycles. The Morgan fingerprint density at radius 3 is 2.44 bits per heavy atom. The molecule has 0 unspecified atom stereocenters. The van der Waals surface area contributed by atoms with Crippen LogP contribution in [0.1, 0.15) is 30.1 Å². The standard InChI is InChI=1S/C12H14Cl2O3S/c1-2-18(16,17)7-3-4-12(15)9-5-6-10(13)11(14)8-9/h5-6,8H,2-4,7H2,1H3. The van der Waals surface area contributed by atoms with Crippen molar-refractivity contribution in [1.29, 1.82) is 0 Å². The highest BCUT2D eigenvalue weighted by Crippen LogP contribution is 2.23. The van der Waals surface area contributed by atoms with Gasteiger partial charge >= 0.3 is 0 Å². The van der Waals surface area contributed by atoms with Gasteiger partial charge in [-0.3, -0.25) is 4.79 Å². The molecule has 0 aromatic heterocycles. The van der Waals surface area contributed by atoms with Gasteiger partial charge in [0.1, 0.15) is 9.84 Å². The van der Waals surface area contributed by atoms with Gasteiger partial charge in [0.25, 0.3) is 0 Å². The number of ketones is 1. The lowest BCUT2D eigenvalue weighted by Crippen LogP contribution is -2.10. The fraction of sp³-hybridized carbons (Fsp3) is 0.417. The number of hydrogen-bond donors (Lipinski definition) is 0. The Hall–Kier alpha value is -0.580. The van der Waals surface area contributed by atoms with Gasteiger partial charge in [0.15, 0.2) is 5.78 Å². The van der Waals surface area contributed by atoms with Crippen molar-refractivity contribution >= 4 is 38.8 Å². The maximum atomic E-state index is 11.8. The first-order chi connectivity index (χ1) is 8.35. The van der Waals surface area contributed by atoms with Crippen molar-refractivity contribution in [2.45, 2.75) is 19.8 Å². The first-order valence-corrected chi connectivity index (χ1v) is 8.12. The number of rotatable bonds is 6. The minimum Gasteiger partial charge on any atom is -0.294 e. The minimum atomic E-state index is -3.01. The fourth-order valence-electron chi connectivity index (χ4n) is 1.41. The number of carbonyl (C=O) groups excluding carboxylic acids is 1. The molecule has 18 heavy (non-hydrogen) atoms. The van der Waals surface area contributed by atoms with E-state index in [0.29, 0.717) is 22.0 Å². The predicted molar refractivity (Wildman–Crippen MR) is 74.4 cm³/mol. The number of sulfone groups is 1. The molecule has 0 radical (unpaired) electrons. The van der Waals surface area contributed by atoms with Crippen molar-refractivity contribution in [2.75, 3.05) is 11.5 Å². The van der Waals surface area contributed by atoms with Crippen molar-refractivity contribution in [1.82, 2.24) is 0 Å². The SMILES string of the molecule is CCS(=O)(=O)CCCC(=O)c1ccc(Cl)c(Cl)c1. The maximum absolute atomic E-state index is 11.8. The average Bonchev–Trinajstić information content (AvgIpc) is 2.32. The third kappa shape index (κ3) is 4.59. The lowest BCUT2D eigenvalue weighted by atomic mass is 10.1. The summed E-state index contributed by atoms with van der Waals surface area (Å²) >= 11 is 11.6. The second-order valence-electron chi connectivity index (χ2n) is 3.89. The van der Waals surface area contributed by atoms with E-state index in [-0.39, 0.29) is 23.7 Å². The summed E-state index contributed by atoms with van der Waals surface area (Å²) in [5.74, 6) is 0.0183. The van der Waals surface area contributed by atoms with E-state index >= 15 is 0 Å². The minimum absolute atomic E-state index is 0.0383. The van der Waals surface area contributed by atoms with Gasteiger partial charge in [-0.15, -0.1) is 0 Å². The molecule has 1 rings (SSSR count). The smallest absolute Gasteiger partial charge is 0.162 e. The summed E-state index contributed by atoms with van der Waals surface area (Å²) in [5.41, 5.74) is 0.457. The third-order valence-corrected chi connectivity index (χ3v) is 5.07. The van der Waals surface area contributed by atoms with E-state index < -0.39 is 9.84 Å². The van der Waals surface area contributed by atoms with Crippen LogP contribution >= 0.6 is 23.2 Å². The van der Waals surface area contributed by atoms with Gasteiger partial charge in [-0.1, -0.05) is 30.1 Å². The van der Waals surface area contributed by atoms with E-state index in [1.807, 2.05) is 0 Å². The molecule has 100 valence electrons. The van der Waals surface area contributed by atoms with Crippen LogP contribution in [0.15, 0.2) is 18.2 Å². The summed E-state index contributed by atoms with van der Waals surface area (Å²) in [5, 5.41) is 0.713. The normalized spacial score (nSPS) is 11.5. The number of halogens is 2. The molecule has 0 heterocycles. The van der Waals surface area contributed by atoms with Gasteiger partial charge in [-0.05, 0) is 24.6 Å². The molecule has 0 bridgehead atoms. The van der Waals surface area contributed by atoms with Crippen LogP contribution in [-0.4, -0.2) is 25.7 Å². The second kappa shape index (κ2) is 6.55. The first kappa shape index (κ1) is 15.5. The molecular weight excluding hydrogens is 295 g/mol. The number of hydrogen-bond acceptors (Lipinski definition) is 3. The van der Waals surface area contributed by atoms with Crippen LogP contribution in [-0.2, 0) is 9.84 Å². The molecule has 0 spiro atoms. The fourth-order valence-corrected chi connectivity index (χ4v) is 2.58. The molecule has 0 saturated carbocycles. The molecular formula is C12H14Cl2O3S. The number of Topliss-reactive ketones (excluding diaryl/α,β-unsaturated/α-hetero) is 1. The summed E-state index contributed by atoms with van der Waals surface area (Å²) in [6.45, 7) is 1.59. The molecule has 0 aliphatic carbocycles. The Labute approximate surface area is 117 Å². The van der Waals surface area contributed by atoms with Gasteiger partial charge in [0, 0.05) is 17.7 Å². The highest BCUT2D eigenvalue weighted by molar-refractivity contribution is 7.91. The highest BCUT2D eigenvalue weighted by Gasteiger charge is 2.11. The van der Waals surface area contributed by atoms with E-state index in [9.17, 15) is 13.2 Å². The van der Waals surface area contributed by atoms with Gasteiger partial charge in [-0.2, -0.15) is 0 Å². The molecule has 0 N–H and O–H groups in total. The zero-order valence-electron chi connectivity index (χ0n) is 9.95. The van der Waals surface area contributed by atoms with Crippen LogP contribution in [0.25, 0.3) is 0 Å². The summed E-state index contributed by atoms with van der Waals surface area (Å²) < 4.78 is 22.5. The van der Waals surface area contributed by atoms with Crippen molar-refractivity contribution in [3.05, 3.63) is 33.8 Å². The van der Waals surface area contributed by atoms with Gasteiger partial charge in [-0.25, -0.2) is 8.42 Å². The largest absolute Gasteiger partial charge is 0.294 e. The topological polar surface area (TPSA) is 51.2 Å². The second-order valence-corrected chi connectivity index (χ2v) is 7.18. The zero-order valence-corrected chi connectivity index (χ0v) is 12.3. The van der Waals surface area contributed by atoms with Crippen molar-refractivity contribution in [3.63, 3.8) is 0 Å². The molecule has 6 heteroatoms. The zero-order chi connectivity index (χ0) is 13.8. The lowest BCUT2D eigenvalue weighted by molar-refractivity contribution is 0.0982. The first-order valence-electron chi connectivity index (χ1n) is 5.54. The van der Waals surface area contributed by atoms with E-state index in [1.54, 1.807) is 19.1 Å². The van der Waals surface area contributed by atoms with Crippen molar-refractivity contribution < 1.29 is 13.2 Å². The van der Waals surface area contributed by atoms with Crippen molar-refractivity contribution in [3.8, 4) is 0 Å². The molecule has 0 atom stereocenters. The monoisotopic (exact) mass is 308 g/mol. The Morgan fingerprint density at radius 1 is 1.22 bits per heavy atom. The van der Waals surface area contributed by atoms with Crippen molar-refractivity contribution in [2.24, 2.45) is 0 Å². The summed E-state index contributed by atoms with van der Waals surface area (Å²) in [7, 11) is -3.01.